The molecule has 1 fully saturated rings. The maximum atomic E-state index is 13.5. The molecule has 0 saturated carbocycles. The molecule has 43 heavy (non-hydrogen) atoms. The third kappa shape index (κ3) is 6.15. The van der Waals surface area contributed by atoms with E-state index in [1.165, 1.54) is 0 Å². The number of aryl methyl sites for hydroxylation is 1. The second-order valence-electron chi connectivity index (χ2n) is 11.2. The minimum absolute atomic E-state index is 0.0176. The van der Waals surface area contributed by atoms with E-state index in [0.29, 0.717) is 32.5 Å². The summed E-state index contributed by atoms with van der Waals surface area (Å²) in [5, 5.41) is 14.0. The first kappa shape index (κ1) is 28.2. The second-order valence-corrected chi connectivity index (χ2v) is 11.2. The van der Waals surface area contributed by atoms with Crippen LogP contribution in [-0.4, -0.2) is 68.2 Å². The highest BCUT2D eigenvalue weighted by Gasteiger charge is 2.34. The third-order valence-corrected chi connectivity index (χ3v) is 8.35. The fraction of sp³-hybridized carbons (Fsp3) is 0.344. The zero-order valence-corrected chi connectivity index (χ0v) is 24.2. The molecular formula is C32H35N7O4. The normalized spacial score (nSPS) is 16.7. The Labute approximate surface area is 249 Å². The van der Waals surface area contributed by atoms with E-state index in [1.54, 1.807) is 42.5 Å². The number of pyridine rings is 1. The van der Waals surface area contributed by atoms with Gasteiger partial charge in [0.1, 0.15) is 12.1 Å². The van der Waals surface area contributed by atoms with E-state index in [9.17, 15) is 14.4 Å². The maximum absolute atomic E-state index is 13.5. The van der Waals surface area contributed by atoms with E-state index in [0.717, 1.165) is 38.8 Å². The molecule has 2 aromatic carbocycles. The number of aromatic amines is 1. The van der Waals surface area contributed by atoms with Crippen molar-refractivity contribution >= 4 is 34.6 Å². The van der Waals surface area contributed by atoms with E-state index in [1.807, 2.05) is 48.2 Å². The van der Waals surface area contributed by atoms with Crippen LogP contribution in [0.5, 0.6) is 0 Å². The number of nitrogens with one attached hydrogen (secondary N) is 3. The summed E-state index contributed by atoms with van der Waals surface area (Å²) >= 11 is 0. The van der Waals surface area contributed by atoms with Crippen molar-refractivity contribution in [3.8, 4) is 0 Å². The molecule has 4 aromatic rings. The van der Waals surface area contributed by atoms with Crippen molar-refractivity contribution in [3.63, 3.8) is 0 Å². The lowest BCUT2D eigenvalue weighted by Gasteiger charge is -2.40. The van der Waals surface area contributed by atoms with E-state index < -0.39 is 18.1 Å². The van der Waals surface area contributed by atoms with E-state index >= 15 is 0 Å². The van der Waals surface area contributed by atoms with Crippen molar-refractivity contribution in [2.24, 2.45) is 0 Å². The number of hydrogen-bond donors (Lipinski definition) is 3. The number of benzene rings is 2. The Morgan fingerprint density at radius 3 is 2.67 bits per heavy atom. The summed E-state index contributed by atoms with van der Waals surface area (Å²) in [5.41, 5.74) is 5.56. The number of carbonyl (C=O) groups is 3. The molecule has 2 aromatic heterocycles. The SMILES string of the molecule is Cc1cc(CC(NC(=O)N2CCC(N3Cc4ccccc4NC3=O)CC2)C(=O)O[C@@H](C)c2ccncc2)cc2cn[nH]c12. The number of likely N-dealkylation sites (tertiary alicyclic amines) is 1. The average molecular weight is 582 g/mol. The fourth-order valence-corrected chi connectivity index (χ4v) is 5.96. The molecule has 1 saturated heterocycles. The number of fused-ring (bicyclic) bond motifs is 2. The number of H-pyrrole nitrogens is 1. The Morgan fingerprint density at radius 1 is 1.12 bits per heavy atom. The predicted octanol–water partition coefficient (Wildman–Crippen LogP) is 4.70. The molecule has 1 unspecified atom stereocenters. The van der Waals surface area contributed by atoms with Gasteiger partial charge in [-0.2, -0.15) is 5.10 Å². The van der Waals surface area contributed by atoms with Crippen molar-refractivity contribution < 1.29 is 19.1 Å². The third-order valence-electron chi connectivity index (χ3n) is 8.35. The summed E-state index contributed by atoms with van der Waals surface area (Å²) in [5.74, 6) is -0.513. The molecular weight excluding hydrogens is 546 g/mol. The molecule has 6 rings (SSSR count). The second kappa shape index (κ2) is 12.1. The highest BCUT2D eigenvalue weighted by Crippen LogP contribution is 2.28. The van der Waals surface area contributed by atoms with E-state index in [2.05, 4.69) is 25.8 Å². The highest BCUT2D eigenvalue weighted by atomic mass is 16.5. The molecule has 0 bridgehead atoms. The maximum Gasteiger partial charge on any atom is 0.329 e. The summed E-state index contributed by atoms with van der Waals surface area (Å²) < 4.78 is 5.83. The lowest BCUT2D eigenvalue weighted by Crippen LogP contribution is -2.55. The van der Waals surface area contributed by atoms with Gasteiger partial charge in [-0.25, -0.2) is 14.4 Å². The van der Waals surface area contributed by atoms with Crippen LogP contribution >= 0.6 is 0 Å². The zero-order valence-electron chi connectivity index (χ0n) is 24.2. The van der Waals surface area contributed by atoms with Crippen molar-refractivity contribution in [2.75, 3.05) is 18.4 Å². The quantitative estimate of drug-likeness (QED) is 0.271. The van der Waals surface area contributed by atoms with Crippen LogP contribution in [-0.2, 0) is 22.5 Å². The average Bonchev–Trinajstić information content (AvgIpc) is 3.50. The van der Waals surface area contributed by atoms with E-state index in [4.69, 9.17) is 4.74 Å². The van der Waals surface area contributed by atoms with Crippen LogP contribution in [0.2, 0.25) is 0 Å². The summed E-state index contributed by atoms with van der Waals surface area (Å²) in [6.07, 6.45) is 6.09. The first-order valence-electron chi connectivity index (χ1n) is 14.6. The van der Waals surface area contributed by atoms with Gasteiger partial charge in [0, 0.05) is 55.6 Å². The van der Waals surface area contributed by atoms with Crippen LogP contribution < -0.4 is 10.6 Å². The lowest BCUT2D eigenvalue weighted by atomic mass is 10.0. The number of nitrogens with zero attached hydrogens (tertiary/aromatic N) is 4. The molecule has 0 radical (unpaired) electrons. The monoisotopic (exact) mass is 581 g/mol. The largest absolute Gasteiger partial charge is 0.456 e. The molecule has 11 heteroatoms. The number of urea groups is 2. The first-order chi connectivity index (χ1) is 20.9. The van der Waals surface area contributed by atoms with Gasteiger partial charge >= 0.3 is 18.0 Å². The van der Waals surface area contributed by atoms with Gasteiger partial charge in [-0.05, 0) is 73.2 Å². The van der Waals surface area contributed by atoms with Gasteiger partial charge in [-0.1, -0.05) is 24.3 Å². The summed E-state index contributed by atoms with van der Waals surface area (Å²) in [6.45, 7) is 5.26. The number of aromatic nitrogens is 3. The van der Waals surface area contributed by atoms with Crippen molar-refractivity contribution in [1.82, 2.24) is 30.3 Å². The minimum Gasteiger partial charge on any atom is -0.456 e. The van der Waals surface area contributed by atoms with Gasteiger partial charge in [-0.3, -0.25) is 10.1 Å². The molecule has 2 aliphatic heterocycles. The van der Waals surface area contributed by atoms with Crippen molar-refractivity contribution in [2.45, 2.75) is 57.8 Å². The molecule has 0 aliphatic carbocycles. The van der Waals surface area contributed by atoms with Gasteiger partial charge in [0.2, 0.25) is 0 Å². The van der Waals surface area contributed by atoms with E-state index in [-0.39, 0.29) is 24.5 Å². The standard InChI is InChI=1S/C32H35N7O4/c1-20-15-22(16-25-18-34-37-29(20)25)17-28(30(40)43-21(2)23-7-11-33-12-8-23)36-31(41)38-13-9-26(10-14-38)39-19-24-5-3-4-6-27(24)35-32(39)42/h3-8,11-12,15-16,18,21,26,28H,9-10,13-14,17,19H2,1-2H3,(H,34,37)(H,35,42)(H,36,41)/t21-,28?/m0/s1. The number of amides is 4. The first-order valence-corrected chi connectivity index (χ1v) is 14.6. The van der Waals surface area contributed by atoms with Crippen LogP contribution in [0.15, 0.2) is 67.1 Å². The van der Waals surface area contributed by atoms with Gasteiger partial charge in [0.15, 0.2) is 0 Å². The van der Waals surface area contributed by atoms with Gasteiger partial charge in [0.05, 0.1) is 11.7 Å². The molecule has 2 aliphatic rings. The van der Waals surface area contributed by atoms with Gasteiger partial charge in [0.25, 0.3) is 0 Å². The topological polar surface area (TPSA) is 133 Å². The molecule has 4 heterocycles. The number of para-hydroxylation sites is 1. The number of piperidine rings is 1. The minimum atomic E-state index is -0.900. The molecule has 222 valence electrons. The number of ether oxygens (including phenoxy) is 1. The van der Waals surface area contributed by atoms with Gasteiger partial charge in [-0.15, -0.1) is 0 Å². The van der Waals surface area contributed by atoms with Crippen molar-refractivity contribution in [1.29, 1.82) is 0 Å². The number of hydrogen-bond acceptors (Lipinski definition) is 6. The lowest BCUT2D eigenvalue weighted by molar-refractivity contribution is -0.151. The fourth-order valence-electron chi connectivity index (χ4n) is 5.96. The van der Waals surface area contributed by atoms with Crippen LogP contribution in [0.4, 0.5) is 15.3 Å². The van der Waals surface area contributed by atoms with Crippen molar-refractivity contribution in [3.05, 3.63) is 89.4 Å². The van der Waals surface area contributed by atoms with Crippen LogP contribution in [0.3, 0.4) is 0 Å². The Balaban J connectivity index is 1.13. The number of anilines is 1. The Kier molecular flexibility index (Phi) is 7.95. The predicted molar refractivity (Wildman–Crippen MR) is 161 cm³/mol. The number of rotatable bonds is 7. The summed E-state index contributed by atoms with van der Waals surface area (Å²) in [7, 11) is 0. The van der Waals surface area contributed by atoms with Gasteiger partial charge < -0.3 is 25.2 Å². The zero-order chi connectivity index (χ0) is 29.9. The smallest absolute Gasteiger partial charge is 0.329 e. The Hall–Kier alpha value is -4.93. The molecule has 3 N–H and O–H groups in total. The van der Waals surface area contributed by atoms with Crippen LogP contribution in [0, 0.1) is 6.92 Å². The molecule has 2 atom stereocenters. The number of carbonyl (C=O) groups excluding carboxylic acids is 3. The molecule has 0 spiro atoms. The van der Waals surface area contributed by atoms with Crippen LogP contribution in [0.1, 0.15) is 48.1 Å². The Bertz CT molecular complexity index is 1630. The molecule has 11 nitrogen and oxygen atoms in total. The molecule has 4 amide bonds. The summed E-state index contributed by atoms with van der Waals surface area (Å²) in [6, 6.07) is 14.0. The Morgan fingerprint density at radius 2 is 1.88 bits per heavy atom. The summed E-state index contributed by atoms with van der Waals surface area (Å²) in [4.78, 5) is 47.4. The highest BCUT2D eigenvalue weighted by molar-refractivity contribution is 5.92. The number of esters is 1. The van der Waals surface area contributed by atoms with Crippen LogP contribution in [0.25, 0.3) is 10.9 Å².